The molecular formula is C20H30N2O3. The van der Waals surface area contributed by atoms with E-state index in [9.17, 15) is 4.79 Å². The largest absolute Gasteiger partial charge is 0.376 e. The number of carbonyl (C=O) groups is 1. The fourth-order valence-corrected chi connectivity index (χ4v) is 3.55. The lowest BCUT2D eigenvalue weighted by Crippen LogP contribution is -2.57. The predicted molar refractivity (Wildman–Crippen MR) is 97.6 cm³/mol. The fraction of sp³-hybridized carbons (Fsp3) is 0.650. The molecule has 0 aliphatic carbocycles. The Morgan fingerprint density at radius 1 is 1.24 bits per heavy atom. The van der Waals surface area contributed by atoms with Crippen LogP contribution in [0.5, 0.6) is 0 Å². The Bertz CT molecular complexity index is 555. The monoisotopic (exact) mass is 346 g/mol. The molecule has 1 aromatic rings. The molecule has 0 aromatic heterocycles. The van der Waals surface area contributed by atoms with Crippen molar-refractivity contribution in [1.82, 2.24) is 10.2 Å². The van der Waals surface area contributed by atoms with Crippen molar-refractivity contribution >= 4 is 5.91 Å². The molecule has 1 unspecified atom stereocenters. The van der Waals surface area contributed by atoms with Crippen molar-refractivity contribution in [2.75, 3.05) is 32.8 Å². The number of aryl methyl sites for hydroxylation is 1. The summed E-state index contributed by atoms with van der Waals surface area (Å²) in [6, 6.07) is 8.29. The predicted octanol–water partition coefficient (Wildman–Crippen LogP) is 1.92. The van der Waals surface area contributed by atoms with Crippen LogP contribution in [0.15, 0.2) is 24.3 Å². The van der Waals surface area contributed by atoms with Crippen molar-refractivity contribution in [3.05, 3.63) is 35.4 Å². The van der Waals surface area contributed by atoms with E-state index in [4.69, 9.17) is 9.47 Å². The number of rotatable bonds is 6. The van der Waals surface area contributed by atoms with E-state index in [0.29, 0.717) is 19.7 Å². The molecule has 2 aliphatic heterocycles. The summed E-state index contributed by atoms with van der Waals surface area (Å²) in [4.78, 5) is 15.1. The summed E-state index contributed by atoms with van der Waals surface area (Å²) < 4.78 is 11.4. The lowest BCUT2D eigenvalue weighted by Gasteiger charge is -2.35. The van der Waals surface area contributed by atoms with Crippen molar-refractivity contribution in [2.45, 2.75) is 51.4 Å². The molecule has 0 saturated carbocycles. The van der Waals surface area contributed by atoms with Gasteiger partial charge in [0.25, 0.3) is 0 Å². The molecule has 5 heteroatoms. The second kappa shape index (κ2) is 8.79. The van der Waals surface area contributed by atoms with Gasteiger partial charge in [-0.25, -0.2) is 0 Å². The molecule has 2 aliphatic rings. The molecule has 1 amide bonds. The summed E-state index contributed by atoms with van der Waals surface area (Å²) in [7, 11) is 0. The molecule has 0 radical (unpaired) electrons. The Morgan fingerprint density at radius 3 is 2.72 bits per heavy atom. The number of nitrogens with zero attached hydrogens (tertiary/aromatic N) is 1. The standard InChI is InChI=1S/C20H30N2O3/c1-15-5-7-17(8-6-15)9-11-22(14-18-4-3-12-25-18)20(23)19-16(2)24-13-10-21-19/h5-8,16,18-19,21H,3-4,9-14H2,1-2H3/t16-,18?,19+/m1/s1. The topological polar surface area (TPSA) is 50.8 Å². The number of amides is 1. The van der Waals surface area contributed by atoms with Gasteiger partial charge in [0, 0.05) is 26.2 Å². The van der Waals surface area contributed by atoms with Gasteiger partial charge in [0.05, 0.1) is 18.8 Å². The highest BCUT2D eigenvalue weighted by Crippen LogP contribution is 2.16. The van der Waals surface area contributed by atoms with Crippen LogP contribution in [0, 0.1) is 6.92 Å². The summed E-state index contributed by atoms with van der Waals surface area (Å²) in [5, 5.41) is 3.32. The average Bonchev–Trinajstić information content (AvgIpc) is 3.13. The minimum Gasteiger partial charge on any atom is -0.376 e. The zero-order valence-electron chi connectivity index (χ0n) is 15.4. The molecule has 5 nitrogen and oxygen atoms in total. The van der Waals surface area contributed by atoms with E-state index in [2.05, 4.69) is 36.5 Å². The molecule has 2 heterocycles. The van der Waals surface area contributed by atoms with Crippen LogP contribution in [-0.4, -0.2) is 61.9 Å². The van der Waals surface area contributed by atoms with E-state index in [1.165, 1.54) is 11.1 Å². The lowest BCUT2D eigenvalue weighted by atomic mass is 10.1. The summed E-state index contributed by atoms with van der Waals surface area (Å²) in [6.45, 7) is 7.66. The highest BCUT2D eigenvalue weighted by atomic mass is 16.5. The van der Waals surface area contributed by atoms with E-state index in [1.54, 1.807) is 0 Å². The molecular weight excluding hydrogens is 316 g/mol. The first-order valence-corrected chi connectivity index (χ1v) is 9.44. The molecule has 3 atom stereocenters. The smallest absolute Gasteiger partial charge is 0.242 e. The van der Waals surface area contributed by atoms with Gasteiger partial charge in [-0.2, -0.15) is 0 Å². The molecule has 1 aromatic carbocycles. The number of benzene rings is 1. The van der Waals surface area contributed by atoms with E-state index in [1.807, 2.05) is 11.8 Å². The molecule has 0 spiro atoms. The Balaban J connectivity index is 1.65. The van der Waals surface area contributed by atoms with Crippen molar-refractivity contribution in [3.63, 3.8) is 0 Å². The second-order valence-corrected chi connectivity index (χ2v) is 7.16. The highest BCUT2D eigenvalue weighted by Gasteiger charge is 2.33. The Kier molecular flexibility index (Phi) is 6.45. The van der Waals surface area contributed by atoms with Crippen molar-refractivity contribution < 1.29 is 14.3 Å². The van der Waals surface area contributed by atoms with E-state index < -0.39 is 0 Å². The van der Waals surface area contributed by atoms with Crippen LogP contribution < -0.4 is 5.32 Å². The average molecular weight is 346 g/mol. The fourth-order valence-electron chi connectivity index (χ4n) is 3.55. The van der Waals surface area contributed by atoms with Gasteiger partial charge in [-0.3, -0.25) is 4.79 Å². The van der Waals surface area contributed by atoms with Gasteiger partial charge in [0.1, 0.15) is 6.04 Å². The third kappa shape index (κ3) is 5.03. The van der Waals surface area contributed by atoms with Gasteiger partial charge < -0.3 is 19.7 Å². The number of morpholine rings is 1. The normalized spacial score (nSPS) is 26.6. The molecule has 138 valence electrons. The third-order valence-corrected chi connectivity index (χ3v) is 5.13. The molecule has 3 rings (SSSR count). The first-order chi connectivity index (χ1) is 12.1. The SMILES string of the molecule is Cc1ccc(CCN(CC2CCCO2)C(=O)[C@H]2NCCO[C@@H]2C)cc1. The van der Waals surface area contributed by atoms with Crippen LogP contribution >= 0.6 is 0 Å². The van der Waals surface area contributed by atoms with Gasteiger partial charge in [0.2, 0.25) is 5.91 Å². The van der Waals surface area contributed by atoms with Crippen LogP contribution in [0.25, 0.3) is 0 Å². The maximum Gasteiger partial charge on any atom is 0.242 e. The van der Waals surface area contributed by atoms with Gasteiger partial charge >= 0.3 is 0 Å². The minimum absolute atomic E-state index is 0.0902. The first-order valence-electron chi connectivity index (χ1n) is 9.44. The van der Waals surface area contributed by atoms with Crippen molar-refractivity contribution in [2.24, 2.45) is 0 Å². The van der Waals surface area contributed by atoms with Crippen LogP contribution in [0.1, 0.15) is 30.9 Å². The van der Waals surface area contributed by atoms with Gasteiger partial charge in [0.15, 0.2) is 0 Å². The van der Waals surface area contributed by atoms with Crippen LogP contribution in [0.3, 0.4) is 0 Å². The summed E-state index contributed by atoms with van der Waals surface area (Å²) in [5.41, 5.74) is 2.52. The van der Waals surface area contributed by atoms with Crippen molar-refractivity contribution in [1.29, 1.82) is 0 Å². The molecule has 0 bridgehead atoms. The minimum atomic E-state index is -0.256. The highest BCUT2D eigenvalue weighted by molar-refractivity contribution is 5.82. The number of carbonyl (C=O) groups excluding carboxylic acids is 1. The maximum absolute atomic E-state index is 13.1. The third-order valence-electron chi connectivity index (χ3n) is 5.13. The van der Waals surface area contributed by atoms with Crippen LogP contribution in [0.4, 0.5) is 0 Å². The van der Waals surface area contributed by atoms with E-state index >= 15 is 0 Å². The van der Waals surface area contributed by atoms with Gasteiger partial charge in [-0.1, -0.05) is 29.8 Å². The van der Waals surface area contributed by atoms with Gasteiger partial charge in [-0.15, -0.1) is 0 Å². The molecule has 2 fully saturated rings. The van der Waals surface area contributed by atoms with Crippen molar-refractivity contribution in [3.8, 4) is 0 Å². The first kappa shape index (κ1) is 18.4. The number of hydrogen-bond donors (Lipinski definition) is 1. The number of nitrogens with one attached hydrogen (secondary N) is 1. The zero-order chi connectivity index (χ0) is 17.6. The Labute approximate surface area is 150 Å². The van der Waals surface area contributed by atoms with Crippen LogP contribution in [-0.2, 0) is 20.7 Å². The molecule has 2 saturated heterocycles. The Morgan fingerprint density at radius 2 is 2.04 bits per heavy atom. The number of ether oxygens (including phenoxy) is 2. The number of hydrogen-bond acceptors (Lipinski definition) is 4. The van der Waals surface area contributed by atoms with E-state index in [0.717, 1.165) is 32.4 Å². The molecule has 1 N–H and O–H groups in total. The zero-order valence-corrected chi connectivity index (χ0v) is 15.4. The molecule has 25 heavy (non-hydrogen) atoms. The summed E-state index contributed by atoms with van der Waals surface area (Å²) >= 11 is 0. The van der Waals surface area contributed by atoms with Gasteiger partial charge in [-0.05, 0) is 38.7 Å². The van der Waals surface area contributed by atoms with Crippen LogP contribution in [0.2, 0.25) is 0 Å². The summed E-state index contributed by atoms with van der Waals surface area (Å²) in [6.07, 6.45) is 3.07. The quantitative estimate of drug-likeness (QED) is 0.855. The lowest BCUT2D eigenvalue weighted by molar-refractivity contribution is -0.141. The summed E-state index contributed by atoms with van der Waals surface area (Å²) in [5.74, 6) is 0.134. The second-order valence-electron chi connectivity index (χ2n) is 7.16. The maximum atomic E-state index is 13.1. The van der Waals surface area contributed by atoms with E-state index in [-0.39, 0.29) is 24.2 Å². The Hall–Kier alpha value is -1.43.